The Kier molecular flexibility index (Phi) is 6.83. The normalized spacial score (nSPS) is 11.3. The summed E-state index contributed by atoms with van der Waals surface area (Å²) in [5.41, 5.74) is -1.28. The van der Waals surface area contributed by atoms with Gasteiger partial charge in [-0.2, -0.15) is 13.2 Å². The first-order valence-electron chi connectivity index (χ1n) is 7.93. The Bertz CT molecular complexity index is 809. The number of thioether (sulfide) groups is 1. The number of anilines is 1. The molecule has 2 aromatic rings. The second-order valence-electron chi connectivity index (χ2n) is 5.51. The fourth-order valence-electron chi connectivity index (χ4n) is 2.20. The molecule has 1 heterocycles. The lowest BCUT2D eigenvalue weighted by Crippen LogP contribution is -2.39. The summed E-state index contributed by atoms with van der Waals surface area (Å²) in [6, 6.07) is 4.69. The SMILES string of the molecule is CCN(CC(=O)Nc1ccccc1C(F)(F)F)C(=O)CSc1nncn1C. The Morgan fingerprint density at radius 2 is 2.00 bits per heavy atom. The third-order valence-corrected chi connectivity index (χ3v) is 4.59. The van der Waals surface area contributed by atoms with Crippen LogP contribution in [0.15, 0.2) is 35.7 Å². The largest absolute Gasteiger partial charge is 0.418 e. The summed E-state index contributed by atoms with van der Waals surface area (Å²) in [4.78, 5) is 25.7. The van der Waals surface area contributed by atoms with E-state index in [1.807, 2.05) is 0 Å². The molecule has 1 aromatic carbocycles. The number of carbonyl (C=O) groups is 2. The van der Waals surface area contributed by atoms with Crippen LogP contribution in [0, 0.1) is 0 Å². The molecule has 2 amide bonds. The van der Waals surface area contributed by atoms with Crippen molar-refractivity contribution in [2.45, 2.75) is 18.3 Å². The van der Waals surface area contributed by atoms with Gasteiger partial charge in [0.25, 0.3) is 0 Å². The molecule has 1 aromatic heterocycles. The number of alkyl halides is 3. The molecule has 1 N–H and O–H groups in total. The number of nitrogens with one attached hydrogen (secondary N) is 1. The molecule has 0 radical (unpaired) electrons. The van der Waals surface area contributed by atoms with Crippen molar-refractivity contribution in [1.29, 1.82) is 0 Å². The van der Waals surface area contributed by atoms with E-state index in [9.17, 15) is 22.8 Å². The van der Waals surface area contributed by atoms with Crippen LogP contribution in [0.25, 0.3) is 0 Å². The maximum absolute atomic E-state index is 13.0. The molecule has 0 saturated carbocycles. The van der Waals surface area contributed by atoms with Crippen molar-refractivity contribution in [3.8, 4) is 0 Å². The first kappa shape index (κ1) is 20.7. The summed E-state index contributed by atoms with van der Waals surface area (Å²) in [6.45, 7) is 1.58. The Morgan fingerprint density at radius 1 is 1.30 bits per heavy atom. The third kappa shape index (κ3) is 5.71. The lowest BCUT2D eigenvalue weighted by atomic mass is 10.1. The monoisotopic (exact) mass is 401 g/mol. The summed E-state index contributed by atoms with van der Waals surface area (Å²) in [5, 5.41) is 10.3. The number of aromatic nitrogens is 3. The number of benzene rings is 1. The maximum atomic E-state index is 13.0. The molecule has 0 bridgehead atoms. The number of halogens is 3. The number of para-hydroxylation sites is 1. The van der Waals surface area contributed by atoms with E-state index < -0.39 is 17.6 Å². The summed E-state index contributed by atoms with van der Waals surface area (Å²) in [6.07, 6.45) is -3.09. The Hall–Kier alpha value is -2.56. The number of amides is 2. The number of carbonyl (C=O) groups excluding carboxylic acids is 2. The molecule has 0 saturated heterocycles. The molecule has 0 atom stereocenters. The van der Waals surface area contributed by atoms with E-state index in [2.05, 4.69) is 15.5 Å². The fourth-order valence-corrected chi connectivity index (χ4v) is 2.99. The van der Waals surface area contributed by atoms with Crippen molar-refractivity contribution in [2.24, 2.45) is 7.05 Å². The highest BCUT2D eigenvalue weighted by atomic mass is 32.2. The number of hydrogen-bond donors (Lipinski definition) is 1. The molecular formula is C16H18F3N5O2S. The van der Waals surface area contributed by atoms with Crippen molar-refractivity contribution >= 4 is 29.3 Å². The van der Waals surface area contributed by atoms with Gasteiger partial charge in [-0.25, -0.2) is 0 Å². The van der Waals surface area contributed by atoms with Gasteiger partial charge in [0.15, 0.2) is 5.16 Å². The first-order valence-corrected chi connectivity index (χ1v) is 8.91. The summed E-state index contributed by atoms with van der Waals surface area (Å²) in [7, 11) is 1.73. The fraction of sp³-hybridized carbons (Fsp3) is 0.375. The number of rotatable bonds is 7. The first-order chi connectivity index (χ1) is 12.7. The molecule has 7 nitrogen and oxygen atoms in total. The molecule has 0 aliphatic heterocycles. The van der Waals surface area contributed by atoms with E-state index in [0.29, 0.717) is 5.16 Å². The Morgan fingerprint density at radius 3 is 2.59 bits per heavy atom. The number of likely N-dealkylation sites (N-methyl/N-ethyl adjacent to an activating group) is 1. The second-order valence-corrected chi connectivity index (χ2v) is 6.46. The minimum atomic E-state index is -4.59. The van der Waals surface area contributed by atoms with Crippen LogP contribution in [-0.4, -0.2) is 50.3 Å². The quantitative estimate of drug-likeness (QED) is 0.721. The highest BCUT2D eigenvalue weighted by molar-refractivity contribution is 7.99. The van der Waals surface area contributed by atoms with Gasteiger partial charge < -0.3 is 14.8 Å². The van der Waals surface area contributed by atoms with Crippen molar-refractivity contribution in [3.63, 3.8) is 0 Å². The van der Waals surface area contributed by atoms with Crippen molar-refractivity contribution in [1.82, 2.24) is 19.7 Å². The van der Waals surface area contributed by atoms with E-state index in [0.717, 1.165) is 17.8 Å². The average Bonchev–Trinajstić information content (AvgIpc) is 3.02. The molecule has 0 aliphatic rings. The van der Waals surface area contributed by atoms with Gasteiger partial charge in [-0.3, -0.25) is 9.59 Å². The highest BCUT2D eigenvalue weighted by Crippen LogP contribution is 2.34. The number of hydrogen-bond acceptors (Lipinski definition) is 5. The van der Waals surface area contributed by atoms with Crippen molar-refractivity contribution < 1.29 is 22.8 Å². The van der Waals surface area contributed by atoms with Crippen molar-refractivity contribution in [2.75, 3.05) is 24.2 Å². The minimum Gasteiger partial charge on any atom is -0.333 e. The predicted molar refractivity (Wildman–Crippen MR) is 94.1 cm³/mol. The van der Waals surface area contributed by atoms with Crippen molar-refractivity contribution in [3.05, 3.63) is 36.2 Å². The molecule has 0 aliphatic carbocycles. The van der Waals surface area contributed by atoms with Gasteiger partial charge in [0, 0.05) is 13.6 Å². The van der Waals surface area contributed by atoms with Crippen LogP contribution in [0.1, 0.15) is 12.5 Å². The topological polar surface area (TPSA) is 80.1 Å². The van der Waals surface area contributed by atoms with Gasteiger partial charge >= 0.3 is 6.18 Å². The smallest absolute Gasteiger partial charge is 0.333 e. The van der Waals surface area contributed by atoms with Crippen LogP contribution < -0.4 is 5.32 Å². The van der Waals surface area contributed by atoms with Crippen LogP contribution in [0.3, 0.4) is 0 Å². The van der Waals surface area contributed by atoms with Gasteiger partial charge in [0.2, 0.25) is 11.8 Å². The molecule has 11 heteroatoms. The molecule has 146 valence electrons. The average molecular weight is 401 g/mol. The van der Waals surface area contributed by atoms with Gasteiger partial charge in [0.1, 0.15) is 6.33 Å². The van der Waals surface area contributed by atoms with Crippen LogP contribution in [-0.2, 0) is 22.8 Å². The second kappa shape index (κ2) is 8.89. The minimum absolute atomic E-state index is 0.0345. The van der Waals surface area contributed by atoms with E-state index in [1.165, 1.54) is 29.4 Å². The molecule has 0 spiro atoms. The molecule has 2 rings (SSSR count). The predicted octanol–water partition coefficient (Wildman–Crippen LogP) is 2.41. The zero-order valence-corrected chi connectivity index (χ0v) is 15.5. The van der Waals surface area contributed by atoms with Crippen LogP contribution in [0.2, 0.25) is 0 Å². The Balaban J connectivity index is 1.97. The molecule has 27 heavy (non-hydrogen) atoms. The van der Waals surface area contributed by atoms with Gasteiger partial charge in [-0.15, -0.1) is 10.2 Å². The third-order valence-electron chi connectivity index (χ3n) is 3.57. The number of nitrogens with zero attached hydrogens (tertiary/aromatic N) is 4. The highest BCUT2D eigenvalue weighted by Gasteiger charge is 2.33. The summed E-state index contributed by atoms with van der Waals surface area (Å²) >= 11 is 1.16. The van der Waals surface area contributed by atoms with Crippen LogP contribution in [0.5, 0.6) is 0 Å². The van der Waals surface area contributed by atoms with Crippen LogP contribution >= 0.6 is 11.8 Å². The van der Waals surface area contributed by atoms with E-state index in [4.69, 9.17) is 0 Å². The van der Waals surface area contributed by atoms with E-state index >= 15 is 0 Å². The summed E-state index contributed by atoms with van der Waals surface area (Å²) in [5.74, 6) is -0.998. The maximum Gasteiger partial charge on any atom is 0.418 e. The Labute approximate surface area is 157 Å². The lowest BCUT2D eigenvalue weighted by molar-refractivity contribution is -0.137. The molecule has 0 fully saturated rings. The van der Waals surface area contributed by atoms with Gasteiger partial charge in [-0.1, -0.05) is 23.9 Å². The zero-order valence-electron chi connectivity index (χ0n) is 14.7. The van der Waals surface area contributed by atoms with E-state index in [-0.39, 0.29) is 30.4 Å². The van der Waals surface area contributed by atoms with Gasteiger partial charge in [0.05, 0.1) is 23.5 Å². The zero-order chi connectivity index (χ0) is 20.0. The molecule has 0 unspecified atom stereocenters. The van der Waals surface area contributed by atoms with Gasteiger partial charge in [-0.05, 0) is 19.1 Å². The standard InChI is InChI=1S/C16H18F3N5O2S/c1-3-24(14(26)9-27-15-22-20-10-23(15)2)8-13(25)21-12-7-5-4-6-11(12)16(17,18)19/h4-7,10H,3,8-9H2,1-2H3,(H,21,25). The summed E-state index contributed by atoms with van der Waals surface area (Å²) < 4.78 is 40.6. The molecular weight excluding hydrogens is 383 g/mol. The number of aryl methyl sites for hydroxylation is 1. The van der Waals surface area contributed by atoms with E-state index in [1.54, 1.807) is 18.5 Å². The van der Waals surface area contributed by atoms with Crippen LogP contribution in [0.4, 0.5) is 18.9 Å². The lowest BCUT2D eigenvalue weighted by Gasteiger charge is -2.21.